The van der Waals surface area contributed by atoms with Crippen molar-refractivity contribution in [2.24, 2.45) is 0 Å². The lowest BCUT2D eigenvalue weighted by Crippen LogP contribution is -1.85. The Labute approximate surface area is 116 Å². The highest BCUT2D eigenvalue weighted by Crippen LogP contribution is 2.31. The van der Waals surface area contributed by atoms with E-state index in [4.69, 9.17) is 4.42 Å². The molecule has 0 radical (unpaired) electrons. The van der Waals surface area contributed by atoms with Gasteiger partial charge in [-0.25, -0.2) is 0 Å². The fraction of sp³-hybridized carbons (Fsp3) is 0.0556. The largest absolute Gasteiger partial charge is 0.456 e. The van der Waals surface area contributed by atoms with E-state index >= 15 is 0 Å². The molecule has 2 heterocycles. The van der Waals surface area contributed by atoms with Crippen molar-refractivity contribution in [1.82, 2.24) is 4.98 Å². The number of hydrogen-bond acceptors (Lipinski definition) is 2. The lowest BCUT2D eigenvalue weighted by Gasteiger charge is -2.01. The molecule has 0 aliphatic rings. The van der Waals surface area contributed by atoms with Crippen LogP contribution in [0.4, 0.5) is 0 Å². The number of hydrogen-bond donors (Lipinski definition) is 0. The summed E-state index contributed by atoms with van der Waals surface area (Å²) >= 11 is 0. The summed E-state index contributed by atoms with van der Waals surface area (Å²) < 4.78 is 5.92. The summed E-state index contributed by atoms with van der Waals surface area (Å²) in [6.45, 7) is 2.00. The first-order chi connectivity index (χ1) is 9.81. The number of furan rings is 1. The van der Waals surface area contributed by atoms with Crippen molar-refractivity contribution in [2.75, 3.05) is 0 Å². The Morgan fingerprint density at radius 2 is 1.65 bits per heavy atom. The third-order valence-corrected chi connectivity index (χ3v) is 3.56. The first-order valence-electron chi connectivity index (χ1n) is 6.66. The fourth-order valence-corrected chi connectivity index (χ4v) is 2.59. The highest BCUT2D eigenvalue weighted by molar-refractivity contribution is 6.05. The molecule has 0 spiro atoms. The van der Waals surface area contributed by atoms with Crippen LogP contribution < -0.4 is 0 Å². The van der Waals surface area contributed by atoms with Crippen molar-refractivity contribution in [2.45, 2.75) is 6.92 Å². The molecule has 0 saturated heterocycles. The van der Waals surface area contributed by atoms with Gasteiger partial charge < -0.3 is 4.42 Å². The maximum absolute atomic E-state index is 5.92. The number of pyridine rings is 1. The second kappa shape index (κ2) is 4.20. The minimum absolute atomic E-state index is 0.909. The van der Waals surface area contributed by atoms with Gasteiger partial charge in [-0.1, -0.05) is 30.3 Å². The van der Waals surface area contributed by atoms with E-state index in [0.29, 0.717) is 0 Å². The molecule has 2 heteroatoms. The number of para-hydroxylation sites is 1. The third kappa shape index (κ3) is 1.69. The van der Waals surface area contributed by atoms with Gasteiger partial charge in [-0.3, -0.25) is 4.98 Å². The first kappa shape index (κ1) is 11.2. The Morgan fingerprint density at radius 3 is 2.55 bits per heavy atom. The zero-order valence-electron chi connectivity index (χ0n) is 11.1. The second-order valence-electron chi connectivity index (χ2n) is 4.97. The van der Waals surface area contributed by atoms with E-state index in [9.17, 15) is 0 Å². The fourth-order valence-electron chi connectivity index (χ4n) is 2.59. The van der Waals surface area contributed by atoms with Crippen LogP contribution in [-0.2, 0) is 0 Å². The Morgan fingerprint density at radius 1 is 0.800 bits per heavy atom. The molecule has 0 atom stereocenters. The van der Waals surface area contributed by atoms with Gasteiger partial charge in [-0.05, 0) is 37.3 Å². The molecule has 0 saturated carbocycles. The molecule has 0 amide bonds. The average molecular weight is 259 g/mol. The number of fused-ring (bicyclic) bond motifs is 3. The van der Waals surface area contributed by atoms with E-state index in [2.05, 4.69) is 29.2 Å². The standard InChI is InChI=1S/C18H13NO/c1-12-5-4-7-16(19-12)13-9-10-15-14-6-2-3-8-17(14)20-18(15)11-13/h2-11H,1H3. The average Bonchev–Trinajstić information content (AvgIpc) is 2.85. The summed E-state index contributed by atoms with van der Waals surface area (Å²) in [4.78, 5) is 4.56. The molecule has 0 aliphatic carbocycles. The Kier molecular flexibility index (Phi) is 2.36. The van der Waals surface area contributed by atoms with E-state index in [-0.39, 0.29) is 0 Å². The molecule has 2 aromatic heterocycles. The molecule has 0 bridgehead atoms. The lowest BCUT2D eigenvalue weighted by atomic mass is 10.1. The minimum Gasteiger partial charge on any atom is -0.456 e. The highest BCUT2D eigenvalue weighted by Gasteiger charge is 2.08. The van der Waals surface area contributed by atoms with Gasteiger partial charge in [-0.2, -0.15) is 0 Å². The van der Waals surface area contributed by atoms with Gasteiger partial charge in [0, 0.05) is 22.0 Å². The molecule has 0 unspecified atom stereocenters. The Hall–Kier alpha value is -2.61. The number of aryl methyl sites for hydroxylation is 1. The summed E-state index contributed by atoms with van der Waals surface area (Å²) in [6, 6.07) is 20.5. The van der Waals surface area contributed by atoms with Crippen LogP contribution in [0.1, 0.15) is 5.69 Å². The quantitative estimate of drug-likeness (QED) is 0.483. The molecular weight excluding hydrogens is 246 g/mol. The first-order valence-corrected chi connectivity index (χ1v) is 6.66. The molecule has 4 rings (SSSR count). The van der Waals surface area contributed by atoms with Crippen LogP contribution in [0.5, 0.6) is 0 Å². The van der Waals surface area contributed by atoms with Gasteiger partial charge in [0.15, 0.2) is 0 Å². The van der Waals surface area contributed by atoms with Crippen molar-refractivity contribution in [3.05, 3.63) is 66.4 Å². The Bertz CT molecular complexity index is 921. The highest BCUT2D eigenvalue weighted by atomic mass is 16.3. The third-order valence-electron chi connectivity index (χ3n) is 3.56. The van der Waals surface area contributed by atoms with Crippen LogP contribution in [0.2, 0.25) is 0 Å². The predicted octanol–water partition coefficient (Wildman–Crippen LogP) is 4.96. The SMILES string of the molecule is Cc1cccc(-c2ccc3c(c2)oc2ccccc23)n1. The van der Waals surface area contributed by atoms with Gasteiger partial charge in [-0.15, -0.1) is 0 Å². The van der Waals surface area contributed by atoms with Gasteiger partial charge in [0.25, 0.3) is 0 Å². The van der Waals surface area contributed by atoms with Crippen LogP contribution >= 0.6 is 0 Å². The van der Waals surface area contributed by atoms with Crippen LogP contribution in [0, 0.1) is 6.92 Å². The summed E-state index contributed by atoms with van der Waals surface area (Å²) in [5, 5.41) is 2.31. The maximum atomic E-state index is 5.92. The topological polar surface area (TPSA) is 26.0 Å². The van der Waals surface area contributed by atoms with Crippen LogP contribution in [0.3, 0.4) is 0 Å². The smallest absolute Gasteiger partial charge is 0.136 e. The van der Waals surface area contributed by atoms with Crippen molar-refractivity contribution in [3.8, 4) is 11.3 Å². The van der Waals surface area contributed by atoms with Crippen LogP contribution in [0.25, 0.3) is 33.2 Å². The van der Waals surface area contributed by atoms with Crippen molar-refractivity contribution < 1.29 is 4.42 Å². The van der Waals surface area contributed by atoms with Crippen LogP contribution in [-0.4, -0.2) is 4.98 Å². The van der Waals surface area contributed by atoms with E-state index in [1.54, 1.807) is 0 Å². The van der Waals surface area contributed by atoms with Gasteiger partial charge in [0.1, 0.15) is 11.2 Å². The molecular formula is C18H13NO. The zero-order chi connectivity index (χ0) is 13.5. The van der Waals surface area contributed by atoms with Crippen LogP contribution in [0.15, 0.2) is 65.1 Å². The predicted molar refractivity (Wildman–Crippen MR) is 81.7 cm³/mol. The summed E-state index contributed by atoms with van der Waals surface area (Å²) in [6.07, 6.45) is 0. The van der Waals surface area contributed by atoms with Crippen molar-refractivity contribution >= 4 is 21.9 Å². The molecule has 2 nitrogen and oxygen atoms in total. The van der Waals surface area contributed by atoms with Gasteiger partial charge >= 0.3 is 0 Å². The molecule has 0 aliphatic heterocycles. The van der Waals surface area contributed by atoms with E-state index in [1.165, 1.54) is 0 Å². The number of nitrogens with zero attached hydrogens (tertiary/aromatic N) is 1. The normalized spacial score (nSPS) is 11.2. The molecule has 20 heavy (non-hydrogen) atoms. The molecule has 0 fully saturated rings. The molecule has 4 aromatic rings. The van der Waals surface area contributed by atoms with E-state index in [0.717, 1.165) is 38.9 Å². The molecule has 2 aromatic carbocycles. The summed E-state index contributed by atoms with van der Waals surface area (Å²) in [5.74, 6) is 0. The summed E-state index contributed by atoms with van der Waals surface area (Å²) in [7, 11) is 0. The molecule has 0 N–H and O–H groups in total. The summed E-state index contributed by atoms with van der Waals surface area (Å²) in [5.41, 5.74) is 4.92. The second-order valence-corrected chi connectivity index (χ2v) is 4.97. The van der Waals surface area contributed by atoms with E-state index in [1.807, 2.05) is 43.3 Å². The van der Waals surface area contributed by atoms with Crippen molar-refractivity contribution in [1.29, 1.82) is 0 Å². The van der Waals surface area contributed by atoms with Gasteiger partial charge in [0.05, 0.1) is 5.69 Å². The maximum Gasteiger partial charge on any atom is 0.136 e. The zero-order valence-corrected chi connectivity index (χ0v) is 11.1. The van der Waals surface area contributed by atoms with Crippen molar-refractivity contribution in [3.63, 3.8) is 0 Å². The monoisotopic (exact) mass is 259 g/mol. The van der Waals surface area contributed by atoms with Gasteiger partial charge in [0.2, 0.25) is 0 Å². The lowest BCUT2D eigenvalue weighted by molar-refractivity contribution is 0.669. The number of aromatic nitrogens is 1. The minimum atomic E-state index is 0.909. The Balaban J connectivity index is 1.97. The van der Waals surface area contributed by atoms with E-state index < -0.39 is 0 Å². The number of benzene rings is 2. The number of rotatable bonds is 1. The molecule has 96 valence electrons.